The second-order valence-electron chi connectivity index (χ2n) is 7.00. The van der Waals surface area contributed by atoms with Gasteiger partial charge >= 0.3 is 5.63 Å². The Morgan fingerprint density at radius 1 is 1.19 bits per heavy atom. The summed E-state index contributed by atoms with van der Waals surface area (Å²) >= 11 is 0. The van der Waals surface area contributed by atoms with Crippen LogP contribution in [-0.4, -0.2) is 24.0 Å². The molecular weight excluding hydrogens is 350 g/mol. The van der Waals surface area contributed by atoms with E-state index in [1.165, 1.54) is 13.8 Å². The van der Waals surface area contributed by atoms with Crippen molar-refractivity contribution in [2.75, 3.05) is 0 Å². The summed E-state index contributed by atoms with van der Waals surface area (Å²) in [6.07, 6.45) is 2.39. The van der Waals surface area contributed by atoms with Gasteiger partial charge in [0.2, 0.25) is 0 Å². The van der Waals surface area contributed by atoms with Gasteiger partial charge in [-0.25, -0.2) is 4.79 Å². The highest BCUT2D eigenvalue weighted by atomic mass is 16.5. The van der Waals surface area contributed by atoms with Crippen molar-refractivity contribution in [2.24, 2.45) is 0 Å². The van der Waals surface area contributed by atoms with Gasteiger partial charge < -0.3 is 24.4 Å². The number of carboxylic acid groups (broad SMARTS) is 1. The van der Waals surface area contributed by atoms with Crippen LogP contribution in [0.3, 0.4) is 0 Å². The van der Waals surface area contributed by atoms with E-state index in [2.05, 4.69) is 5.32 Å². The van der Waals surface area contributed by atoms with Crippen LogP contribution in [0.1, 0.15) is 43.4 Å². The van der Waals surface area contributed by atoms with E-state index in [9.17, 15) is 19.5 Å². The van der Waals surface area contributed by atoms with Crippen LogP contribution in [-0.2, 0) is 22.4 Å². The molecule has 0 radical (unpaired) electrons. The van der Waals surface area contributed by atoms with E-state index in [0.29, 0.717) is 28.7 Å². The first kappa shape index (κ1) is 18.9. The normalized spacial score (nSPS) is 15.7. The van der Waals surface area contributed by atoms with Crippen LogP contribution in [0.5, 0.6) is 5.75 Å². The number of carbonyl (C=O) groups excluding carboxylic acids is 2. The third-order valence-corrected chi connectivity index (χ3v) is 4.81. The highest BCUT2D eigenvalue weighted by Crippen LogP contribution is 2.35. The number of ether oxygens (including phenoxy) is 1. The molecule has 0 unspecified atom stereocenters. The van der Waals surface area contributed by atoms with Crippen molar-refractivity contribution in [2.45, 2.75) is 58.6 Å². The van der Waals surface area contributed by atoms with Crippen LogP contribution in [0.15, 0.2) is 21.3 Å². The van der Waals surface area contributed by atoms with Crippen molar-refractivity contribution in [1.29, 1.82) is 0 Å². The van der Waals surface area contributed by atoms with Gasteiger partial charge in [0.25, 0.3) is 5.91 Å². The van der Waals surface area contributed by atoms with Crippen LogP contribution in [0.2, 0.25) is 0 Å². The van der Waals surface area contributed by atoms with Gasteiger partial charge in [-0.15, -0.1) is 0 Å². The Morgan fingerprint density at radius 2 is 1.85 bits per heavy atom. The van der Waals surface area contributed by atoms with E-state index in [-0.39, 0.29) is 5.63 Å². The second kappa shape index (κ2) is 7.42. The smallest absolute Gasteiger partial charge is 0.339 e. The van der Waals surface area contributed by atoms with Crippen molar-refractivity contribution in [1.82, 2.24) is 5.32 Å². The Morgan fingerprint density at radius 3 is 2.52 bits per heavy atom. The first-order valence-electron chi connectivity index (χ1n) is 9.05. The predicted molar refractivity (Wildman–Crippen MR) is 96.6 cm³/mol. The van der Waals surface area contributed by atoms with Gasteiger partial charge in [0.1, 0.15) is 11.3 Å². The molecule has 144 valence electrons. The summed E-state index contributed by atoms with van der Waals surface area (Å²) in [6, 6.07) is 2.45. The molecule has 0 fully saturated rings. The highest BCUT2D eigenvalue weighted by Gasteiger charge is 2.24. The molecule has 3 rings (SSSR count). The molecule has 2 atom stereocenters. The Bertz CT molecular complexity index is 961. The minimum absolute atomic E-state index is 0.317. The molecule has 1 aliphatic rings. The molecule has 0 saturated heterocycles. The van der Waals surface area contributed by atoms with Gasteiger partial charge in [-0.05, 0) is 69.7 Å². The fraction of sp³-hybridized carbons (Fsp3) is 0.450. The van der Waals surface area contributed by atoms with Crippen molar-refractivity contribution in [3.8, 4) is 5.75 Å². The first-order chi connectivity index (χ1) is 12.8. The van der Waals surface area contributed by atoms with Crippen LogP contribution >= 0.6 is 0 Å². The van der Waals surface area contributed by atoms with Crippen molar-refractivity contribution in [3.05, 3.63) is 39.2 Å². The molecule has 7 nitrogen and oxygen atoms in total. The average Bonchev–Trinajstić information content (AvgIpc) is 2.61. The predicted octanol–water partition coefficient (Wildman–Crippen LogP) is 1.00. The number of carboxylic acids is 1. The summed E-state index contributed by atoms with van der Waals surface area (Å²) < 4.78 is 11.4. The zero-order valence-corrected chi connectivity index (χ0v) is 15.6. The van der Waals surface area contributed by atoms with Gasteiger partial charge in [-0.1, -0.05) is 0 Å². The first-order valence-corrected chi connectivity index (χ1v) is 9.05. The van der Waals surface area contributed by atoms with E-state index in [1.54, 1.807) is 12.1 Å². The molecule has 1 aromatic heterocycles. The molecule has 1 N–H and O–H groups in total. The fourth-order valence-electron chi connectivity index (χ4n) is 3.39. The van der Waals surface area contributed by atoms with Gasteiger partial charge in [-0.2, -0.15) is 0 Å². The summed E-state index contributed by atoms with van der Waals surface area (Å²) in [4.78, 5) is 35.3. The molecule has 27 heavy (non-hydrogen) atoms. The minimum atomic E-state index is -1.37. The van der Waals surface area contributed by atoms with Crippen LogP contribution < -0.4 is 20.8 Å². The average molecular weight is 372 g/mol. The zero-order chi connectivity index (χ0) is 19.7. The SMILES string of the molecule is Cc1cc(O[C@H](C)C(=O)N[C@@H](C)C(=O)[O-])c2c3c(c(=O)oc2c1)CCCC3. The Kier molecular flexibility index (Phi) is 5.21. The lowest BCUT2D eigenvalue weighted by molar-refractivity contribution is -0.307. The Hall–Kier alpha value is -2.83. The molecule has 7 heteroatoms. The van der Waals surface area contributed by atoms with E-state index in [4.69, 9.17) is 9.15 Å². The number of benzene rings is 1. The second-order valence-corrected chi connectivity index (χ2v) is 7.00. The lowest BCUT2D eigenvalue weighted by Gasteiger charge is -2.22. The molecule has 2 aromatic rings. The molecule has 0 bridgehead atoms. The lowest BCUT2D eigenvalue weighted by Crippen LogP contribution is -2.49. The summed E-state index contributed by atoms with van der Waals surface area (Å²) in [5, 5.41) is 13.9. The summed E-state index contributed by atoms with van der Waals surface area (Å²) in [7, 11) is 0. The number of fused-ring (bicyclic) bond motifs is 3. The Labute approximate surface area is 156 Å². The van der Waals surface area contributed by atoms with E-state index in [0.717, 1.165) is 30.4 Å². The lowest BCUT2D eigenvalue weighted by atomic mass is 9.90. The summed E-state index contributed by atoms with van der Waals surface area (Å²) in [5.41, 5.74) is 2.53. The van der Waals surface area contributed by atoms with Crippen molar-refractivity contribution < 1.29 is 23.8 Å². The number of hydrogen-bond acceptors (Lipinski definition) is 6. The van der Waals surface area contributed by atoms with Crippen LogP contribution in [0.25, 0.3) is 11.0 Å². The summed E-state index contributed by atoms with van der Waals surface area (Å²) in [6.45, 7) is 4.71. The van der Waals surface area contributed by atoms with Gasteiger partial charge in [0, 0.05) is 5.56 Å². The van der Waals surface area contributed by atoms with Crippen LogP contribution in [0.4, 0.5) is 0 Å². The monoisotopic (exact) mass is 372 g/mol. The molecule has 1 aromatic carbocycles. The minimum Gasteiger partial charge on any atom is -0.548 e. The van der Waals surface area contributed by atoms with Crippen molar-refractivity contribution >= 4 is 22.8 Å². The standard InChI is InChI=1S/C20H23NO6/c1-10-8-15(26-12(3)18(22)21-11(2)19(23)24)17-13-6-4-5-7-14(13)20(25)27-16(17)9-10/h8-9,11-12H,4-7H2,1-3H3,(H,21,22)(H,23,24)/p-1/t11-,12+/m0/s1. The maximum absolute atomic E-state index is 12.3. The molecule has 0 saturated carbocycles. The zero-order valence-electron chi connectivity index (χ0n) is 15.6. The number of aliphatic carboxylic acids is 1. The van der Waals surface area contributed by atoms with Crippen molar-refractivity contribution in [3.63, 3.8) is 0 Å². The number of rotatable bonds is 5. The number of carbonyl (C=O) groups is 2. The Balaban J connectivity index is 2.00. The number of aryl methyl sites for hydroxylation is 2. The largest absolute Gasteiger partial charge is 0.548 e. The summed E-state index contributed by atoms with van der Waals surface area (Å²) in [5.74, 6) is -1.48. The van der Waals surface area contributed by atoms with Gasteiger partial charge in [0.15, 0.2) is 6.10 Å². The van der Waals surface area contributed by atoms with E-state index in [1.807, 2.05) is 6.92 Å². The van der Waals surface area contributed by atoms with Crippen LogP contribution in [0, 0.1) is 6.92 Å². The number of amides is 1. The quantitative estimate of drug-likeness (QED) is 0.785. The van der Waals surface area contributed by atoms with E-state index >= 15 is 0 Å². The molecule has 0 spiro atoms. The molecule has 1 amide bonds. The molecular formula is C20H22NO6-. The maximum Gasteiger partial charge on any atom is 0.339 e. The topological polar surface area (TPSA) is 109 Å². The van der Waals surface area contributed by atoms with E-state index < -0.39 is 24.0 Å². The van der Waals surface area contributed by atoms with Gasteiger partial charge in [0.05, 0.1) is 17.4 Å². The maximum atomic E-state index is 12.3. The highest BCUT2D eigenvalue weighted by molar-refractivity contribution is 5.90. The third-order valence-electron chi connectivity index (χ3n) is 4.81. The molecule has 1 heterocycles. The third kappa shape index (κ3) is 3.82. The van der Waals surface area contributed by atoms with Gasteiger partial charge in [-0.3, -0.25) is 4.79 Å². The number of nitrogens with one attached hydrogen (secondary N) is 1. The molecule has 0 aliphatic heterocycles. The number of hydrogen-bond donors (Lipinski definition) is 1. The fourth-order valence-corrected chi connectivity index (χ4v) is 3.39. The molecule has 1 aliphatic carbocycles.